The zero-order valence-corrected chi connectivity index (χ0v) is 14.1. The zero-order chi connectivity index (χ0) is 16.9. The smallest absolute Gasteiger partial charge is 0.307 e. The zero-order valence-electron chi connectivity index (χ0n) is 14.1. The molecule has 0 aliphatic heterocycles. The summed E-state index contributed by atoms with van der Waals surface area (Å²) >= 11 is 0. The van der Waals surface area contributed by atoms with Crippen molar-refractivity contribution in [2.45, 2.75) is 47.5 Å². The molecule has 1 fully saturated rings. The summed E-state index contributed by atoms with van der Waals surface area (Å²) in [5, 5.41) is 21.0. The number of nitro groups is 1. The third kappa shape index (κ3) is 2.66. The normalized spacial score (nSPS) is 32.2. The van der Waals surface area contributed by atoms with Gasteiger partial charge in [-0.25, -0.2) is 0 Å². The summed E-state index contributed by atoms with van der Waals surface area (Å²) in [4.78, 5) is 22.9. The number of carboxylic acid groups (broad SMARTS) is 1. The van der Waals surface area contributed by atoms with Gasteiger partial charge in [0.25, 0.3) is 0 Å². The van der Waals surface area contributed by atoms with Crippen LogP contribution in [0.4, 0.5) is 0 Å². The van der Waals surface area contributed by atoms with E-state index in [1.807, 2.05) is 20.8 Å². The second-order valence-corrected chi connectivity index (χ2v) is 8.45. The van der Waals surface area contributed by atoms with Gasteiger partial charge in [-0.3, -0.25) is 14.9 Å². The Kier molecular flexibility index (Phi) is 4.13. The van der Waals surface area contributed by atoms with Gasteiger partial charge in [-0.1, -0.05) is 46.3 Å². The minimum Gasteiger partial charge on any atom is -0.481 e. The number of nitrogens with zero attached hydrogens (tertiary/aromatic N) is 1. The third-order valence-electron chi connectivity index (χ3n) is 5.56. The molecule has 2 aliphatic rings. The quantitative estimate of drug-likeness (QED) is 0.478. The minimum absolute atomic E-state index is 0.0376. The summed E-state index contributed by atoms with van der Waals surface area (Å²) in [5.74, 6) is -0.748. The number of hydrogen-bond donors (Lipinski definition) is 1. The van der Waals surface area contributed by atoms with E-state index in [9.17, 15) is 20.0 Å². The van der Waals surface area contributed by atoms with Crippen LogP contribution in [0.5, 0.6) is 0 Å². The van der Waals surface area contributed by atoms with Crippen molar-refractivity contribution in [1.82, 2.24) is 0 Å². The highest BCUT2D eigenvalue weighted by Crippen LogP contribution is 2.64. The van der Waals surface area contributed by atoms with Gasteiger partial charge >= 0.3 is 5.97 Å². The lowest BCUT2D eigenvalue weighted by molar-refractivity contribution is -0.510. The number of aliphatic carboxylic acids is 1. The van der Waals surface area contributed by atoms with Gasteiger partial charge in [0.05, 0.1) is 11.3 Å². The second-order valence-electron chi connectivity index (χ2n) is 8.45. The first-order chi connectivity index (χ1) is 9.99. The van der Waals surface area contributed by atoms with Gasteiger partial charge in [-0.15, -0.1) is 0 Å². The molecule has 4 atom stereocenters. The van der Waals surface area contributed by atoms with Crippen LogP contribution in [0.15, 0.2) is 11.6 Å². The highest BCUT2D eigenvalue weighted by molar-refractivity contribution is 5.72. The molecule has 0 aromatic rings. The largest absolute Gasteiger partial charge is 0.481 e. The maximum atomic E-state index is 11.9. The SMILES string of the molecule is CC(C)C1=C[C@H]2[C@H](C1)C[C@@]2(C[N+](=O)[O-])C(C(=O)O)C(C)(C)C. The van der Waals surface area contributed by atoms with Crippen LogP contribution in [-0.4, -0.2) is 22.5 Å². The fraction of sp³-hybridized carbons (Fsp3) is 0.824. The Bertz CT molecular complexity index is 517. The van der Waals surface area contributed by atoms with E-state index in [0.717, 1.165) is 6.42 Å². The molecule has 0 spiro atoms. The van der Waals surface area contributed by atoms with Crippen molar-refractivity contribution in [3.8, 4) is 0 Å². The summed E-state index contributed by atoms with van der Waals surface area (Å²) < 4.78 is 0. The molecule has 0 radical (unpaired) electrons. The van der Waals surface area contributed by atoms with Crippen LogP contribution in [0.2, 0.25) is 0 Å². The van der Waals surface area contributed by atoms with Crippen LogP contribution >= 0.6 is 0 Å². The number of allylic oxidation sites excluding steroid dienone is 2. The average Bonchev–Trinajstić information content (AvgIpc) is 2.63. The fourth-order valence-corrected chi connectivity index (χ4v) is 4.88. The van der Waals surface area contributed by atoms with Crippen LogP contribution in [0.25, 0.3) is 0 Å². The van der Waals surface area contributed by atoms with Gasteiger partial charge in [-0.05, 0) is 36.0 Å². The van der Waals surface area contributed by atoms with Gasteiger partial charge in [-0.2, -0.15) is 0 Å². The average molecular weight is 309 g/mol. The lowest BCUT2D eigenvalue weighted by Gasteiger charge is -2.55. The van der Waals surface area contributed by atoms with Crippen molar-refractivity contribution in [3.63, 3.8) is 0 Å². The maximum Gasteiger partial charge on any atom is 0.307 e. The Balaban J connectivity index is 2.43. The van der Waals surface area contributed by atoms with Gasteiger partial charge < -0.3 is 5.11 Å². The Morgan fingerprint density at radius 3 is 2.50 bits per heavy atom. The van der Waals surface area contributed by atoms with Gasteiger partial charge in [0, 0.05) is 4.92 Å². The molecule has 5 heteroatoms. The number of carboxylic acids is 1. The van der Waals surface area contributed by atoms with E-state index in [4.69, 9.17) is 0 Å². The van der Waals surface area contributed by atoms with E-state index in [1.54, 1.807) is 0 Å². The number of fused-ring (bicyclic) bond motifs is 1. The van der Waals surface area contributed by atoms with E-state index in [0.29, 0.717) is 18.3 Å². The molecule has 0 saturated heterocycles. The van der Waals surface area contributed by atoms with Crippen LogP contribution in [0.3, 0.4) is 0 Å². The van der Waals surface area contributed by atoms with Gasteiger partial charge in [0.1, 0.15) is 0 Å². The van der Waals surface area contributed by atoms with Crippen molar-refractivity contribution < 1.29 is 14.8 Å². The third-order valence-corrected chi connectivity index (χ3v) is 5.56. The Labute approximate surface area is 131 Å². The molecule has 0 heterocycles. The maximum absolute atomic E-state index is 11.9. The van der Waals surface area contributed by atoms with Crippen LogP contribution in [-0.2, 0) is 4.79 Å². The first kappa shape index (κ1) is 17.0. The molecule has 2 rings (SSSR count). The summed E-state index contributed by atoms with van der Waals surface area (Å²) in [7, 11) is 0. The van der Waals surface area contributed by atoms with Crippen LogP contribution in [0, 0.1) is 44.6 Å². The summed E-state index contributed by atoms with van der Waals surface area (Å²) in [6, 6.07) is 0. The molecule has 0 bridgehead atoms. The molecule has 22 heavy (non-hydrogen) atoms. The van der Waals surface area contributed by atoms with E-state index in [1.165, 1.54) is 5.57 Å². The number of hydrogen-bond acceptors (Lipinski definition) is 3. The molecule has 1 unspecified atom stereocenters. The predicted molar refractivity (Wildman–Crippen MR) is 84.0 cm³/mol. The lowest BCUT2D eigenvalue weighted by atomic mass is 9.46. The molecule has 0 amide bonds. The highest BCUT2D eigenvalue weighted by atomic mass is 16.6. The Hall–Kier alpha value is -1.39. The van der Waals surface area contributed by atoms with E-state index in [-0.39, 0.29) is 17.4 Å². The molecule has 0 aromatic carbocycles. The van der Waals surface area contributed by atoms with E-state index in [2.05, 4.69) is 19.9 Å². The molecular formula is C17H27NO4. The predicted octanol–water partition coefficient (Wildman–Crippen LogP) is 3.62. The molecule has 124 valence electrons. The summed E-state index contributed by atoms with van der Waals surface area (Å²) in [6.07, 6.45) is 3.78. The van der Waals surface area contributed by atoms with Crippen molar-refractivity contribution in [2.24, 2.45) is 34.5 Å². The second kappa shape index (κ2) is 5.36. The lowest BCUT2D eigenvalue weighted by Crippen LogP contribution is -2.59. The Morgan fingerprint density at radius 2 is 2.09 bits per heavy atom. The molecule has 0 aromatic heterocycles. The van der Waals surface area contributed by atoms with Crippen molar-refractivity contribution in [3.05, 3.63) is 21.8 Å². The van der Waals surface area contributed by atoms with E-state index >= 15 is 0 Å². The monoisotopic (exact) mass is 309 g/mol. The van der Waals surface area contributed by atoms with Crippen LogP contribution in [0.1, 0.15) is 47.5 Å². The summed E-state index contributed by atoms with van der Waals surface area (Å²) in [6.45, 7) is 9.65. The van der Waals surface area contributed by atoms with Crippen molar-refractivity contribution in [2.75, 3.05) is 6.54 Å². The van der Waals surface area contributed by atoms with Crippen molar-refractivity contribution >= 4 is 5.97 Å². The van der Waals surface area contributed by atoms with Crippen molar-refractivity contribution in [1.29, 1.82) is 0 Å². The topological polar surface area (TPSA) is 80.4 Å². The Morgan fingerprint density at radius 1 is 1.50 bits per heavy atom. The number of carbonyl (C=O) groups is 1. The molecule has 2 aliphatic carbocycles. The minimum atomic E-state index is -0.904. The molecule has 1 saturated carbocycles. The first-order valence-electron chi connectivity index (χ1n) is 8.04. The van der Waals surface area contributed by atoms with Gasteiger partial charge in [0.15, 0.2) is 0 Å². The first-order valence-corrected chi connectivity index (χ1v) is 8.04. The molecule has 5 nitrogen and oxygen atoms in total. The van der Waals surface area contributed by atoms with E-state index < -0.39 is 22.7 Å². The standard InChI is InChI=1S/C17H27NO4/c1-10(2)11-6-12-8-17(9-18(21)22,13(12)7-11)14(15(19)20)16(3,4)5/h7,10,12-14H,6,8-9H2,1-5H3,(H,19,20)/t12-,13+,14?,17+/m1/s1. The summed E-state index contributed by atoms with van der Waals surface area (Å²) in [5.41, 5.74) is 0.0918. The van der Waals surface area contributed by atoms with Gasteiger partial charge in [0.2, 0.25) is 6.54 Å². The number of rotatable bonds is 5. The molecular weight excluding hydrogens is 282 g/mol. The van der Waals surface area contributed by atoms with Crippen LogP contribution < -0.4 is 0 Å². The fourth-order valence-electron chi connectivity index (χ4n) is 4.88. The molecule has 1 N–H and O–H groups in total. The highest BCUT2D eigenvalue weighted by Gasteiger charge is 2.65.